The maximum absolute atomic E-state index is 13.0. The summed E-state index contributed by atoms with van der Waals surface area (Å²) < 4.78 is 21.6. The van der Waals surface area contributed by atoms with E-state index in [-0.39, 0.29) is 90.0 Å². The van der Waals surface area contributed by atoms with Gasteiger partial charge in [0.1, 0.15) is 42.7 Å². The number of hydrogen-bond acceptors (Lipinski definition) is 18. The van der Waals surface area contributed by atoms with Gasteiger partial charge in [0, 0.05) is 52.0 Å². The minimum absolute atomic E-state index is 0.0646. The van der Waals surface area contributed by atoms with Crippen molar-refractivity contribution in [2.45, 2.75) is 223 Å². The molecule has 2 rings (SSSR count). The molecule has 2 heterocycles. The maximum atomic E-state index is 13.0. The van der Waals surface area contributed by atoms with Crippen LogP contribution in [0.25, 0.3) is 0 Å². The van der Waals surface area contributed by atoms with Gasteiger partial charge in [0.15, 0.2) is 12.6 Å². The standard InChI is InChI=1S/C52H95N7O18/c1-4-5-6-7-8-9-10-11-12-13-14-15-16-18-22-39(61)58-37(23-24-43(65)66)50(73)57-27-26-54-38(60)21-19-17-20-25-53-40(62)32-59(33-41(63)55-28-30-74-51-48(71)46(69)44(67)35(2)76-51)34-42(64)56-29-31-75-52-49(72)47(70)45(68)36(3)77-52/h35-37,44-49,51-52,67-72H,4-34H2,1-3H3,(H,53,62)(H,54,60)(H,55,63)(H,56,64)(H,57,73)(H,58,61)(H,65,66)/t35-,36-,37-,44+,45+,46+,47+,48-,49-,51+,52+/m0/s1. The summed E-state index contributed by atoms with van der Waals surface area (Å²) in [6, 6.07) is -1.02. The number of hydrogen-bond donors (Lipinski definition) is 13. The Labute approximate surface area is 454 Å². The average Bonchev–Trinajstić information content (AvgIpc) is 3.39. The molecule has 77 heavy (non-hydrogen) atoms. The Morgan fingerprint density at radius 2 is 0.844 bits per heavy atom. The first-order valence-corrected chi connectivity index (χ1v) is 28.0. The number of unbranched alkanes of at least 4 members (excludes halogenated alkanes) is 15. The molecule has 0 bridgehead atoms. The van der Waals surface area contributed by atoms with Crippen LogP contribution in [-0.2, 0) is 52.5 Å². The SMILES string of the molecule is CCCCCCCCCCCCCCCCC(=O)N[C@@H](CCC(=O)O)C(=O)NCCNC(=O)CCCCCNC(=O)CN(CC(=O)NCCO[C@@H]1O[C@@H](C)[C@@H](O)[C@@H](O)[C@@H]1O)CC(=O)NCCO[C@@H]1O[C@@H](C)[C@@H](O)[C@@H](O)[C@@H]1O. The molecule has 13 N–H and O–H groups in total. The van der Waals surface area contributed by atoms with Gasteiger partial charge in [0.05, 0.1) is 45.1 Å². The average molecular weight is 1110 g/mol. The highest BCUT2D eigenvalue weighted by atomic mass is 16.7. The lowest BCUT2D eigenvalue weighted by atomic mass is 10.0. The number of nitrogens with zero attached hydrogens (tertiary/aromatic N) is 1. The van der Waals surface area contributed by atoms with Gasteiger partial charge < -0.3 is 86.6 Å². The molecule has 0 radical (unpaired) electrons. The van der Waals surface area contributed by atoms with Crippen LogP contribution >= 0.6 is 0 Å². The van der Waals surface area contributed by atoms with Crippen LogP contribution in [0.15, 0.2) is 0 Å². The zero-order chi connectivity index (χ0) is 57.0. The molecular formula is C52H95N7O18. The van der Waals surface area contributed by atoms with E-state index in [9.17, 15) is 69.3 Å². The second-order valence-electron chi connectivity index (χ2n) is 20.1. The van der Waals surface area contributed by atoms with Crippen LogP contribution in [0.3, 0.4) is 0 Å². The fraction of sp³-hybridized carbons (Fsp3) is 0.865. The number of aliphatic carboxylic acids is 1. The Hall–Kier alpha value is -4.15. The van der Waals surface area contributed by atoms with Gasteiger partial charge in [0.25, 0.3) is 0 Å². The predicted octanol–water partition coefficient (Wildman–Crippen LogP) is -0.661. The Morgan fingerprint density at radius 1 is 0.455 bits per heavy atom. The Balaban J connectivity index is 1.70. The first-order valence-electron chi connectivity index (χ1n) is 28.0. The summed E-state index contributed by atoms with van der Waals surface area (Å²) in [5, 5.41) is 85.3. The number of aliphatic hydroxyl groups excluding tert-OH is 6. The third-order valence-electron chi connectivity index (χ3n) is 13.3. The molecule has 2 fully saturated rings. The molecule has 2 aliphatic heterocycles. The second-order valence-corrected chi connectivity index (χ2v) is 20.1. The summed E-state index contributed by atoms with van der Waals surface area (Å²) >= 11 is 0. The third-order valence-corrected chi connectivity index (χ3v) is 13.3. The number of aliphatic hydroxyl groups is 6. The minimum Gasteiger partial charge on any atom is -0.481 e. The van der Waals surface area contributed by atoms with Crippen LogP contribution in [0.1, 0.15) is 156 Å². The number of amides is 6. The quantitative estimate of drug-likeness (QED) is 0.0337. The van der Waals surface area contributed by atoms with Gasteiger partial charge in [-0.1, -0.05) is 96.8 Å². The molecule has 2 aliphatic rings. The number of carbonyl (C=O) groups excluding carboxylic acids is 6. The minimum atomic E-state index is -1.54. The van der Waals surface area contributed by atoms with E-state index in [1.54, 1.807) is 0 Å². The number of ether oxygens (including phenoxy) is 4. The zero-order valence-corrected chi connectivity index (χ0v) is 45.8. The summed E-state index contributed by atoms with van der Waals surface area (Å²) in [5.74, 6) is -3.86. The van der Waals surface area contributed by atoms with Crippen molar-refractivity contribution in [3.63, 3.8) is 0 Å². The normalized spacial score (nSPS) is 23.7. The number of carboxylic acid groups (broad SMARTS) is 1. The Bertz CT molecular complexity index is 1650. The Kier molecular flexibility index (Phi) is 36.7. The topological polar surface area (TPSA) is 373 Å². The van der Waals surface area contributed by atoms with E-state index in [0.29, 0.717) is 25.7 Å². The predicted molar refractivity (Wildman–Crippen MR) is 280 cm³/mol. The molecule has 11 atom stereocenters. The smallest absolute Gasteiger partial charge is 0.303 e. The molecule has 0 aromatic heterocycles. The molecular weight excluding hydrogens is 1010 g/mol. The zero-order valence-electron chi connectivity index (χ0n) is 45.8. The highest BCUT2D eigenvalue weighted by Crippen LogP contribution is 2.23. The van der Waals surface area contributed by atoms with Crippen molar-refractivity contribution in [1.82, 2.24) is 36.8 Å². The molecule has 6 amide bonds. The molecule has 0 aromatic rings. The van der Waals surface area contributed by atoms with Crippen LogP contribution < -0.4 is 31.9 Å². The van der Waals surface area contributed by atoms with Gasteiger partial charge in [-0.15, -0.1) is 0 Å². The van der Waals surface area contributed by atoms with Crippen molar-refractivity contribution >= 4 is 41.4 Å². The van der Waals surface area contributed by atoms with Crippen LogP contribution in [0.5, 0.6) is 0 Å². The number of carbonyl (C=O) groups is 7. The fourth-order valence-electron chi connectivity index (χ4n) is 8.68. The fourth-order valence-corrected chi connectivity index (χ4v) is 8.68. The van der Waals surface area contributed by atoms with E-state index in [2.05, 4.69) is 38.8 Å². The van der Waals surface area contributed by atoms with Crippen LogP contribution in [0, 0.1) is 0 Å². The highest BCUT2D eigenvalue weighted by Gasteiger charge is 2.43. The van der Waals surface area contributed by atoms with E-state index in [4.69, 9.17) is 18.9 Å². The van der Waals surface area contributed by atoms with Crippen LogP contribution in [-0.4, -0.2) is 215 Å². The first kappa shape index (κ1) is 69.0. The lowest BCUT2D eigenvalue weighted by Gasteiger charge is -2.38. The van der Waals surface area contributed by atoms with Gasteiger partial charge in [-0.05, 0) is 39.5 Å². The van der Waals surface area contributed by atoms with Crippen molar-refractivity contribution in [2.24, 2.45) is 0 Å². The van der Waals surface area contributed by atoms with Gasteiger partial charge in [-0.2, -0.15) is 0 Å². The number of nitrogens with one attached hydrogen (secondary N) is 6. The van der Waals surface area contributed by atoms with Crippen molar-refractivity contribution in [2.75, 3.05) is 65.6 Å². The monoisotopic (exact) mass is 1110 g/mol. The molecule has 25 heteroatoms. The second kappa shape index (κ2) is 40.9. The molecule has 0 spiro atoms. The van der Waals surface area contributed by atoms with E-state index in [0.717, 1.165) is 19.3 Å². The number of rotatable bonds is 43. The molecule has 2 saturated heterocycles. The maximum Gasteiger partial charge on any atom is 0.303 e. The summed E-state index contributed by atoms with van der Waals surface area (Å²) in [6.07, 6.45) is 5.33. The first-order chi connectivity index (χ1) is 36.8. The molecule has 25 nitrogen and oxygen atoms in total. The van der Waals surface area contributed by atoms with Crippen molar-refractivity contribution in [3.8, 4) is 0 Å². The molecule has 0 saturated carbocycles. The molecule has 0 aromatic carbocycles. The molecule has 0 unspecified atom stereocenters. The summed E-state index contributed by atoms with van der Waals surface area (Å²) in [6.45, 7) is 3.99. The summed E-state index contributed by atoms with van der Waals surface area (Å²) in [4.78, 5) is 89.4. The van der Waals surface area contributed by atoms with Gasteiger partial charge in [-0.25, -0.2) is 0 Å². The Morgan fingerprint density at radius 3 is 1.30 bits per heavy atom. The lowest BCUT2D eigenvalue weighted by Crippen LogP contribution is -2.57. The van der Waals surface area contributed by atoms with E-state index < -0.39 is 110 Å². The largest absolute Gasteiger partial charge is 0.481 e. The van der Waals surface area contributed by atoms with Gasteiger partial charge in [-0.3, -0.25) is 38.5 Å². The summed E-state index contributed by atoms with van der Waals surface area (Å²) in [7, 11) is 0. The molecule has 446 valence electrons. The lowest BCUT2D eigenvalue weighted by molar-refractivity contribution is -0.292. The van der Waals surface area contributed by atoms with E-state index in [1.165, 1.54) is 83.0 Å². The van der Waals surface area contributed by atoms with Gasteiger partial charge in [0.2, 0.25) is 35.4 Å². The molecule has 0 aliphatic carbocycles. The third kappa shape index (κ3) is 30.7. The van der Waals surface area contributed by atoms with Crippen molar-refractivity contribution in [3.05, 3.63) is 0 Å². The summed E-state index contributed by atoms with van der Waals surface area (Å²) in [5.41, 5.74) is 0. The number of carboxylic acids is 1. The van der Waals surface area contributed by atoms with Crippen molar-refractivity contribution < 1.29 is 88.3 Å². The van der Waals surface area contributed by atoms with Crippen LogP contribution in [0.4, 0.5) is 0 Å². The van der Waals surface area contributed by atoms with E-state index >= 15 is 0 Å². The van der Waals surface area contributed by atoms with Gasteiger partial charge >= 0.3 is 5.97 Å². The highest BCUT2D eigenvalue weighted by molar-refractivity contribution is 5.88. The van der Waals surface area contributed by atoms with E-state index in [1.807, 2.05) is 0 Å². The van der Waals surface area contributed by atoms with Crippen molar-refractivity contribution in [1.29, 1.82) is 0 Å². The van der Waals surface area contributed by atoms with Crippen LogP contribution in [0.2, 0.25) is 0 Å².